The average Bonchev–Trinajstić information content (AvgIpc) is 3.50. The van der Waals surface area contributed by atoms with Crippen LogP contribution < -0.4 is 19.7 Å². The Balaban J connectivity index is 0.00000400. The Hall–Kier alpha value is -3.07. The molecule has 38 heavy (non-hydrogen) atoms. The number of ketones is 1. The first-order chi connectivity index (χ1) is 17.6. The van der Waals surface area contributed by atoms with Gasteiger partial charge in [-0.2, -0.15) is 0 Å². The zero-order valence-corrected chi connectivity index (χ0v) is 24.9. The van der Waals surface area contributed by atoms with Gasteiger partial charge in [-0.25, -0.2) is 0 Å². The van der Waals surface area contributed by atoms with E-state index < -0.39 is 0 Å². The van der Waals surface area contributed by atoms with Crippen molar-refractivity contribution in [3.05, 3.63) is 52.1 Å². The zero-order valence-electron chi connectivity index (χ0n) is 23.2. The molecule has 0 bridgehead atoms. The lowest BCUT2D eigenvalue weighted by molar-refractivity contribution is 0.0953. The quantitative estimate of drug-likeness (QED) is 0.425. The molecule has 0 aliphatic carbocycles. The molecule has 0 unspecified atom stereocenters. The van der Waals surface area contributed by atoms with Gasteiger partial charge in [0.25, 0.3) is 5.91 Å². The van der Waals surface area contributed by atoms with Crippen LogP contribution in [0, 0.1) is 5.41 Å². The molecule has 9 heteroatoms. The van der Waals surface area contributed by atoms with E-state index in [9.17, 15) is 9.59 Å². The van der Waals surface area contributed by atoms with Gasteiger partial charge in [0.2, 0.25) is 0 Å². The Morgan fingerprint density at radius 2 is 1.79 bits per heavy atom. The van der Waals surface area contributed by atoms with Crippen molar-refractivity contribution >= 4 is 40.2 Å². The lowest BCUT2D eigenvalue weighted by Crippen LogP contribution is -2.31. The summed E-state index contributed by atoms with van der Waals surface area (Å²) in [5.41, 5.74) is 4.29. The first-order valence-corrected chi connectivity index (χ1v) is 12.9. The van der Waals surface area contributed by atoms with E-state index in [4.69, 9.17) is 14.9 Å². The number of halogens is 1. The maximum Gasteiger partial charge on any atom is 0.254 e. The number of amidine groups is 1. The monoisotopic (exact) mass is 586 g/mol. The third-order valence-corrected chi connectivity index (χ3v) is 7.09. The molecule has 206 valence electrons. The summed E-state index contributed by atoms with van der Waals surface area (Å²) in [6.07, 6.45) is 2.24. The number of nitrogens with one attached hydrogen (secondary N) is 2. The van der Waals surface area contributed by atoms with Crippen LogP contribution in [-0.4, -0.2) is 62.8 Å². The second-order valence-corrected chi connectivity index (χ2v) is 10.7. The fourth-order valence-electron chi connectivity index (χ4n) is 5.15. The predicted molar refractivity (Wildman–Crippen MR) is 156 cm³/mol. The topological polar surface area (TPSA) is 95.0 Å². The van der Waals surface area contributed by atoms with Crippen molar-refractivity contribution in [2.75, 3.05) is 45.3 Å². The van der Waals surface area contributed by atoms with E-state index in [1.807, 2.05) is 25.1 Å². The largest absolute Gasteiger partial charge is 0.494 e. The van der Waals surface area contributed by atoms with Gasteiger partial charge in [0.1, 0.15) is 17.3 Å². The minimum Gasteiger partial charge on any atom is -0.494 e. The Morgan fingerprint density at radius 3 is 2.37 bits per heavy atom. The van der Waals surface area contributed by atoms with Gasteiger partial charge < -0.3 is 24.6 Å². The molecule has 2 aliphatic rings. The number of amides is 1. The molecule has 0 spiro atoms. The van der Waals surface area contributed by atoms with Crippen molar-refractivity contribution in [1.29, 1.82) is 5.41 Å². The Labute approximate surface area is 235 Å². The predicted octanol–water partition coefficient (Wildman–Crippen LogP) is 4.95. The van der Waals surface area contributed by atoms with E-state index in [-0.39, 0.29) is 46.5 Å². The van der Waals surface area contributed by atoms with Crippen LogP contribution in [0.3, 0.4) is 0 Å². The molecule has 2 aliphatic heterocycles. The summed E-state index contributed by atoms with van der Waals surface area (Å²) in [6.45, 7) is 11.0. The van der Waals surface area contributed by atoms with Crippen molar-refractivity contribution in [3.8, 4) is 11.5 Å². The molecule has 0 aromatic heterocycles. The molecule has 2 N–H and O–H groups in total. The van der Waals surface area contributed by atoms with Gasteiger partial charge in [0.05, 0.1) is 31.5 Å². The lowest BCUT2D eigenvalue weighted by Gasteiger charge is -2.29. The van der Waals surface area contributed by atoms with Crippen LogP contribution in [0.4, 0.5) is 5.69 Å². The second kappa shape index (κ2) is 11.8. The number of carbonyl (C=O) groups excluding carboxylic acids is 2. The summed E-state index contributed by atoms with van der Waals surface area (Å²) in [4.78, 5) is 30.1. The van der Waals surface area contributed by atoms with Crippen LogP contribution in [0.2, 0.25) is 0 Å². The maximum atomic E-state index is 13.6. The number of carbonyl (C=O) groups is 2. The third kappa shape index (κ3) is 5.67. The Morgan fingerprint density at radius 1 is 1.11 bits per heavy atom. The molecular formula is C29H39BrN4O4. The molecule has 1 fully saturated rings. The summed E-state index contributed by atoms with van der Waals surface area (Å²) in [5, 5.41) is 11.4. The normalized spacial score (nSPS) is 14.7. The van der Waals surface area contributed by atoms with Crippen LogP contribution in [-0.2, 0) is 12.0 Å². The summed E-state index contributed by atoms with van der Waals surface area (Å²) >= 11 is 0. The number of methoxy groups -OCH3 is 1. The smallest absolute Gasteiger partial charge is 0.254 e. The molecule has 0 radical (unpaired) electrons. The van der Waals surface area contributed by atoms with Gasteiger partial charge in [0.15, 0.2) is 5.78 Å². The van der Waals surface area contributed by atoms with Gasteiger partial charge >= 0.3 is 0 Å². The van der Waals surface area contributed by atoms with Crippen molar-refractivity contribution in [2.24, 2.45) is 0 Å². The van der Waals surface area contributed by atoms with Crippen LogP contribution in [0.15, 0.2) is 24.3 Å². The molecule has 2 aromatic carbocycles. The van der Waals surface area contributed by atoms with E-state index in [1.54, 1.807) is 25.1 Å². The fourth-order valence-corrected chi connectivity index (χ4v) is 5.15. The molecule has 1 amide bonds. The maximum absolute atomic E-state index is 13.6. The van der Waals surface area contributed by atoms with Crippen molar-refractivity contribution < 1.29 is 19.1 Å². The van der Waals surface area contributed by atoms with Gasteiger partial charge in [-0.1, -0.05) is 20.8 Å². The molecule has 2 heterocycles. The highest BCUT2D eigenvalue weighted by Crippen LogP contribution is 2.41. The molecule has 0 saturated carbocycles. The Bertz CT molecular complexity index is 1230. The van der Waals surface area contributed by atoms with E-state index in [2.05, 4.69) is 31.0 Å². The molecule has 2 aromatic rings. The molecule has 8 nitrogen and oxygen atoms in total. The lowest BCUT2D eigenvalue weighted by atomic mass is 9.84. The number of hydrogen-bond acceptors (Lipinski definition) is 6. The second-order valence-electron chi connectivity index (χ2n) is 10.7. The van der Waals surface area contributed by atoms with Crippen molar-refractivity contribution in [1.82, 2.24) is 10.2 Å². The molecule has 1 saturated heterocycles. The van der Waals surface area contributed by atoms with E-state index >= 15 is 0 Å². The number of Topliss-reactive ketones (excluding diaryl/α,β-unsaturated/α-hetero) is 1. The Kier molecular flexibility index (Phi) is 9.13. The van der Waals surface area contributed by atoms with Gasteiger partial charge in [-0.05, 0) is 55.0 Å². The summed E-state index contributed by atoms with van der Waals surface area (Å²) < 4.78 is 11.6. The summed E-state index contributed by atoms with van der Waals surface area (Å²) in [6, 6.07) is 7.41. The minimum atomic E-state index is -0.268. The first-order valence-electron chi connectivity index (χ1n) is 12.9. The summed E-state index contributed by atoms with van der Waals surface area (Å²) in [5.74, 6) is 1.24. The standard InChI is InChI=1S/C29H38N4O4.BrH/c1-7-37-25-14-19-16-33(27(30)20(19)15-21(25)28(35)31-5)17-24(34)18-12-22(29(2,3)4)26(36-6)23(13-18)32-10-8-9-11-32;/h12-15,30H,7-11,16-17H2,1-6H3,(H,31,35);1H. The van der Waals surface area contributed by atoms with Crippen molar-refractivity contribution in [2.45, 2.75) is 52.5 Å². The number of fused-ring (bicyclic) bond motifs is 1. The highest BCUT2D eigenvalue weighted by molar-refractivity contribution is 8.93. The summed E-state index contributed by atoms with van der Waals surface area (Å²) in [7, 11) is 3.26. The van der Waals surface area contributed by atoms with Crippen LogP contribution in [0.5, 0.6) is 11.5 Å². The average molecular weight is 588 g/mol. The molecule has 0 atom stereocenters. The highest BCUT2D eigenvalue weighted by atomic mass is 79.9. The van der Waals surface area contributed by atoms with Crippen molar-refractivity contribution in [3.63, 3.8) is 0 Å². The number of nitrogens with zero attached hydrogens (tertiary/aromatic N) is 2. The van der Waals surface area contributed by atoms with Crippen LogP contribution in [0.25, 0.3) is 0 Å². The first kappa shape index (κ1) is 29.5. The number of anilines is 1. The van der Waals surface area contributed by atoms with Gasteiger partial charge in [-0.15, -0.1) is 17.0 Å². The van der Waals surface area contributed by atoms with E-state index in [0.717, 1.165) is 48.5 Å². The number of hydrogen-bond donors (Lipinski definition) is 2. The zero-order chi connectivity index (χ0) is 26.9. The van der Waals surface area contributed by atoms with E-state index in [0.29, 0.717) is 35.6 Å². The molecular weight excluding hydrogens is 548 g/mol. The fraction of sp³-hybridized carbons (Fsp3) is 0.483. The SMILES string of the molecule is Br.CCOc1cc2c(cc1C(=O)NC)C(=N)N(CC(=O)c1cc(N3CCCC3)c(OC)c(C(C)(C)C)c1)C2. The van der Waals surface area contributed by atoms with E-state index in [1.165, 1.54) is 0 Å². The molecule has 4 rings (SSSR count). The number of benzene rings is 2. The number of rotatable bonds is 8. The number of ether oxygens (including phenoxy) is 2. The highest BCUT2D eigenvalue weighted by Gasteiger charge is 2.31. The van der Waals surface area contributed by atoms with Crippen LogP contribution in [0.1, 0.15) is 77.9 Å². The minimum absolute atomic E-state index is 0. The van der Waals surface area contributed by atoms with Gasteiger partial charge in [0, 0.05) is 43.4 Å². The van der Waals surface area contributed by atoms with Gasteiger partial charge in [-0.3, -0.25) is 15.0 Å². The van der Waals surface area contributed by atoms with Crippen LogP contribution >= 0.6 is 17.0 Å². The third-order valence-electron chi connectivity index (χ3n) is 7.09.